The van der Waals surface area contributed by atoms with Gasteiger partial charge in [0.2, 0.25) is 0 Å². The van der Waals surface area contributed by atoms with E-state index in [-0.39, 0.29) is 12.4 Å². The lowest BCUT2D eigenvalue weighted by Gasteiger charge is -2.14. The topological polar surface area (TPSA) is 84.1 Å². The van der Waals surface area contributed by atoms with Crippen molar-refractivity contribution in [2.75, 3.05) is 32.1 Å². The van der Waals surface area contributed by atoms with E-state index in [1.807, 2.05) is 12.1 Å². The number of fused-ring (bicyclic) bond motifs is 2. The first-order chi connectivity index (χ1) is 16.1. The summed E-state index contributed by atoms with van der Waals surface area (Å²) in [4.78, 5) is 12.4. The molecule has 0 aliphatic carbocycles. The van der Waals surface area contributed by atoms with E-state index in [0.717, 1.165) is 59.1 Å². The third kappa shape index (κ3) is 4.91. The number of anilines is 2. The van der Waals surface area contributed by atoms with Crippen LogP contribution < -0.4 is 20.1 Å². The van der Waals surface area contributed by atoms with E-state index in [9.17, 15) is 0 Å². The Hall–Kier alpha value is -3.03. The molecule has 1 unspecified atom stereocenters. The fraction of sp³-hybridized carbons (Fsp3) is 0.385. The summed E-state index contributed by atoms with van der Waals surface area (Å²) < 4.78 is 11.7. The number of aromatic amines is 1. The lowest BCUT2D eigenvalue weighted by Crippen LogP contribution is -2.10. The van der Waals surface area contributed by atoms with E-state index in [1.165, 1.54) is 29.5 Å². The molecular formula is C26H32ClN5O2. The standard InChI is InChI=1S/C26H31N5O2.ClH/c1-16-17(2)30-22-7-6-19(11-20(16)22)31-26-21-12-24(32-3)25(13-23(21)28-15-29-26)33-10-4-5-18-8-9-27-14-18;/h6-7,11-13,15,18,27,30H,4-5,8-10,14H2,1-3H3,(H,28,29,31);1H. The largest absolute Gasteiger partial charge is 0.493 e. The van der Waals surface area contributed by atoms with Crippen LogP contribution in [-0.2, 0) is 0 Å². The summed E-state index contributed by atoms with van der Waals surface area (Å²) in [6.07, 6.45) is 5.06. The summed E-state index contributed by atoms with van der Waals surface area (Å²) in [5.74, 6) is 2.92. The van der Waals surface area contributed by atoms with Gasteiger partial charge in [-0.05, 0) is 81.9 Å². The van der Waals surface area contributed by atoms with Crippen LogP contribution in [0.1, 0.15) is 30.5 Å². The first kappa shape index (κ1) is 24.1. The summed E-state index contributed by atoms with van der Waals surface area (Å²) in [6, 6.07) is 10.2. The second-order valence-electron chi connectivity index (χ2n) is 8.85. The Bertz CT molecular complexity index is 1280. The molecule has 3 heterocycles. The van der Waals surface area contributed by atoms with Crippen LogP contribution in [0.3, 0.4) is 0 Å². The molecule has 180 valence electrons. The van der Waals surface area contributed by atoms with E-state index < -0.39 is 0 Å². The van der Waals surface area contributed by atoms with E-state index in [0.29, 0.717) is 12.4 Å². The van der Waals surface area contributed by atoms with Crippen molar-refractivity contribution in [2.45, 2.75) is 33.1 Å². The summed E-state index contributed by atoms with van der Waals surface area (Å²) in [6.45, 7) is 7.16. The van der Waals surface area contributed by atoms with Gasteiger partial charge < -0.3 is 25.1 Å². The molecule has 1 aliphatic rings. The Morgan fingerprint density at radius 2 is 1.97 bits per heavy atom. The van der Waals surface area contributed by atoms with E-state index in [4.69, 9.17) is 9.47 Å². The van der Waals surface area contributed by atoms with Crippen LogP contribution in [0.15, 0.2) is 36.7 Å². The van der Waals surface area contributed by atoms with Gasteiger partial charge in [-0.15, -0.1) is 12.4 Å². The molecule has 1 atom stereocenters. The van der Waals surface area contributed by atoms with Crippen molar-refractivity contribution >= 4 is 45.7 Å². The minimum atomic E-state index is 0. The molecule has 0 saturated carbocycles. The normalized spacial score (nSPS) is 15.4. The minimum Gasteiger partial charge on any atom is -0.493 e. The molecular weight excluding hydrogens is 450 g/mol. The molecule has 1 aliphatic heterocycles. The molecule has 2 aromatic carbocycles. The second-order valence-corrected chi connectivity index (χ2v) is 8.85. The Kier molecular flexibility index (Phi) is 7.44. The molecule has 0 bridgehead atoms. The fourth-order valence-electron chi connectivity index (χ4n) is 4.63. The van der Waals surface area contributed by atoms with Crippen molar-refractivity contribution in [2.24, 2.45) is 5.92 Å². The Morgan fingerprint density at radius 3 is 2.76 bits per heavy atom. The van der Waals surface area contributed by atoms with Crippen molar-refractivity contribution < 1.29 is 9.47 Å². The van der Waals surface area contributed by atoms with Gasteiger partial charge in [0.1, 0.15) is 12.1 Å². The highest BCUT2D eigenvalue weighted by Gasteiger charge is 2.15. The predicted octanol–water partition coefficient (Wildman–Crippen LogP) is 5.67. The number of benzene rings is 2. The van der Waals surface area contributed by atoms with Crippen LogP contribution in [0.25, 0.3) is 21.8 Å². The highest BCUT2D eigenvalue weighted by molar-refractivity contribution is 5.94. The molecule has 5 rings (SSSR count). The Labute approximate surface area is 206 Å². The first-order valence-corrected chi connectivity index (χ1v) is 11.6. The summed E-state index contributed by atoms with van der Waals surface area (Å²) >= 11 is 0. The number of halogens is 1. The maximum Gasteiger partial charge on any atom is 0.163 e. The Balaban J connectivity index is 0.00000274. The number of nitrogens with zero attached hydrogens (tertiary/aromatic N) is 2. The average Bonchev–Trinajstić information content (AvgIpc) is 3.44. The van der Waals surface area contributed by atoms with Gasteiger partial charge in [-0.2, -0.15) is 0 Å². The number of rotatable bonds is 8. The number of aryl methyl sites for hydroxylation is 2. The predicted molar refractivity (Wildman–Crippen MR) is 140 cm³/mol. The van der Waals surface area contributed by atoms with Gasteiger partial charge in [0, 0.05) is 33.7 Å². The van der Waals surface area contributed by atoms with Crippen LogP contribution in [0, 0.1) is 19.8 Å². The van der Waals surface area contributed by atoms with Crippen LogP contribution in [-0.4, -0.2) is 41.8 Å². The summed E-state index contributed by atoms with van der Waals surface area (Å²) in [5.41, 5.74) is 5.37. The molecule has 3 N–H and O–H groups in total. The third-order valence-corrected chi connectivity index (χ3v) is 6.67. The molecule has 34 heavy (non-hydrogen) atoms. The maximum atomic E-state index is 6.09. The molecule has 4 aromatic rings. The van der Waals surface area contributed by atoms with Crippen molar-refractivity contribution in [3.8, 4) is 11.5 Å². The number of aromatic nitrogens is 3. The van der Waals surface area contributed by atoms with Crippen LogP contribution in [0.4, 0.5) is 11.5 Å². The highest BCUT2D eigenvalue weighted by Crippen LogP contribution is 2.35. The van der Waals surface area contributed by atoms with Crippen molar-refractivity contribution in [1.29, 1.82) is 0 Å². The molecule has 0 radical (unpaired) electrons. The lowest BCUT2D eigenvalue weighted by molar-refractivity contribution is 0.278. The van der Waals surface area contributed by atoms with Gasteiger partial charge in [-0.1, -0.05) is 0 Å². The van der Waals surface area contributed by atoms with Crippen molar-refractivity contribution in [1.82, 2.24) is 20.3 Å². The molecule has 0 spiro atoms. The van der Waals surface area contributed by atoms with Crippen LogP contribution >= 0.6 is 12.4 Å². The van der Waals surface area contributed by atoms with Gasteiger partial charge in [0.15, 0.2) is 11.5 Å². The first-order valence-electron chi connectivity index (χ1n) is 11.6. The summed E-state index contributed by atoms with van der Waals surface area (Å²) in [5, 5.41) is 8.98. The SMILES string of the molecule is COc1cc2c(Nc3ccc4[nH]c(C)c(C)c4c3)ncnc2cc1OCCCC1CCNC1.Cl. The second kappa shape index (κ2) is 10.5. The zero-order valence-electron chi connectivity index (χ0n) is 19.9. The van der Waals surface area contributed by atoms with Gasteiger partial charge in [-0.25, -0.2) is 9.97 Å². The molecule has 7 nitrogen and oxygen atoms in total. The van der Waals surface area contributed by atoms with Gasteiger partial charge >= 0.3 is 0 Å². The number of methoxy groups -OCH3 is 1. The van der Waals surface area contributed by atoms with E-state index in [1.54, 1.807) is 13.4 Å². The molecule has 1 fully saturated rings. The van der Waals surface area contributed by atoms with Gasteiger partial charge in [0.05, 0.1) is 19.2 Å². The van der Waals surface area contributed by atoms with E-state index >= 15 is 0 Å². The fourth-order valence-corrected chi connectivity index (χ4v) is 4.63. The zero-order chi connectivity index (χ0) is 22.8. The smallest absolute Gasteiger partial charge is 0.163 e. The van der Waals surface area contributed by atoms with E-state index in [2.05, 4.69) is 57.6 Å². The lowest BCUT2D eigenvalue weighted by atomic mass is 10.0. The number of H-pyrrole nitrogens is 1. The van der Waals surface area contributed by atoms with Crippen LogP contribution in [0.2, 0.25) is 0 Å². The monoisotopic (exact) mass is 481 g/mol. The summed E-state index contributed by atoms with van der Waals surface area (Å²) in [7, 11) is 1.67. The van der Waals surface area contributed by atoms with Gasteiger partial charge in [-0.3, -0.25) is 0 Å². The number of nitrogens with one attached hydrogen (secondary N) is 3. The molecule has 2 aromatic heterocycles. The van der Waals surface area contributed by atoms with Crippen LogP contribution in [0.5, 0.6) is 11.5 Å². The molecule has 8 heteroatoms. The minimum absolute atomic E-state index is 0. The number of hydrogen-bond donors (Lipinski definition) is 3. The quantitative estimate of drug-likeness (QED) is 0.281. The highest BCUT2D eigenvalue weighted by atomic mass is 35.5. The number of hydrogen-bond acceptors (Lipinski definition) is 6. The Morgan fingerprint density at radius 1 is 1.09 bits per heavy atom. The zero-order valence-corrected chi connectivity index (χ0v) is 20.7. The van der Waals surface area contributed by atoms with Crippen molar-refractivity contribution in [3.05, 3.63) is 47.9 Å². The number of ether oxygens (including phenoxy) is 2. The maximum absolute atomic E-state index is 6.09. The molecule has 1 saturated heterocycles. The molecule has 0 amide bonds. The van der Waals surface area contributed by atoms with Gasteiger partial charge in [0.25, 0.3) is 0 Å². The van der Waals surface area contributed by atoms with Crippen molar-refractivity contribution in [3.63, 3.8) is 0 Å². The third-order valence-electron chi connectivity index (χ3n) is 6.67. The average molecular weight is 482 g/mol.